The molecular formula is C26H32NO2+. The number of nitrogens with one attached hydrogen (secondary N) is 1. The Bertz CT molecular complexity index is 911. The van der Waals surface area contributed by atoms with E-state index in [0.29, 0.717) is 5.92 Å². The molecule has 2 aromatic rings. The van der Waals surface area contributed by atoms with Crippen LogP contribution in [0.5, 0.6) is 5.75 Å². The lowest BCUT2D eigenvalue weighted by molar-refractivity contribution is -0.886. The van der Waals surface area contributed by atoms with Crippen LogP contribution in [0.4, 0.5) is 0 Å². The molecule has 0 aromatic heterocycles. The number of rotatable bonds is 3. The van der Waals surface area contributed by atoms with Gasteiger partial charge in [-0.25, -0.2) is 0 Å². The molecule has 2 heterocycles. The fourth-order valence-corrected chi connectivity index (χ4v) is 4.64. The van der Waals surface area contributed by atoms with E-state index in [0.717, 1.165) is 37.2 Å². The summed E-state index contributed by atoms with van der Waals surface area (Å²) in [5, 5.41) is 0. The quantitative estimate of drug-likeness (QED) is 0.806. The molecule has 1 N–H and O–H groups in total. The van der Waals surface area contributed by atoms with Crippen LogP contribution < -0.4 is 9.64 Å². The van der Waals surface area contributed by atoms with Crippen LogP contribution in [0.15, 0.2) is 54.6 Å². The number of benzene rings is 2. The molecule has 0 amide bonds. The fourth-order valence-electron chi connectivity index (χ4n) is 4.64. The summed E-state index contributed by atoms with van der Waals surface area (Å²) in [6.45, 7) is 8.30. The molecule has 4 atom stereocenters. The van der Waals surface area contributed by atoms with E-state index in [9.17, 15) is 0 Å². The van der Waals surface area contributed by atoms with Crippen LogP contribution in [0.2, 0.25) is 0 Å². The average molecular weight is 391 g/mol. The van der Waals surface area contributed by atoms with Crippen molar-refractivity contribution in [3.8, 4) is 17.6 Å². The van der Waals surface area contributed by atoms with E-state index in [1.165, 1.54) is 10.5 Å². The van der Waals surface area contributed by atoms with E-state index < -0.39 is 5.60 Å². The Hall–Kier alpha value is -2.28. The highest BCUT2D eigenvalue weighted by molar-refractivity contribution is 5.39. The van der Waals surface area contributed by atoms with Gasteiger partial charge in [0.25, 0.3) is 0 Å². The molecule has 0 aliphatic carbocycles. The summed E-state index contributed by atoms with van der Waals surface area (Å²) in [5.74, 6) is 8.18. The van der Waals surface area contributed by atoms with Crippen molar-refractivity contribution in [2.75, 3.05) is 13.6 Å². The maximum absolute atomic E-state index is 6.68. The van der Waals surface area contributed by atoms with E-state index in [1.807, 2.05) is 6.07 Å². The highest BCUT2D eigenvalue weighted by Gasteiger charge is 2.49. The van der Waals surface area contributed by atoms with Gasteiger partial charge in [0.1, 0.15) is 30.0 Å². The van der Waals surface area contributed by atoms with Crippen molar-refractivity contribution in [2.45, 2.75) is 57.5 Å². The van der Waals surface area contributed by atoms with E-state index in [1.54, 1.807) is 0 Å². The molecular weight excluding hydrogens is 358 g/mol. The van der Waals surface area contributed by atoms with Crippen molar-refractivity contribution in [1.29, 1.82) is 0 Å². The number of hydrogen-bond acceptors (Lipinski definition) is 2. The fraction of sp³-hybridized carbons (Fsp3) is 0.462. The lowest BCUT2D eigenvalue weighted by Crippen LogP contribution is -3.07. The van der Waals surface area contributed by atoms with Crippen LogP contribution in [-0.2, 0) is 11.3 Å². The smallest absolute Gasteiger partial charge is 0.139 e. The van der Waals surface area contributed by atoms with Gasteiger partial charge in [-0.05, 0) is 45.6 Å². The van der Waals surface area contributed by atoms with E-state index in [2.05, 4.69) is 88.2 Å². The molecule has 2 aliphatic heterocycles. The Balaban J connectivity index is 1.46. The highest BCUT2D eigenvalue weighted by atomic mass is 16.5. The molecule has 0 radical (unpaired) electrons. The summed E-state index contributed by atoms with van der Waals surface area (Å²) < 4.78 is 13.0. The zero-order valence-electron chi connectivity index (χ0n) is 18.0. The van der Waals surface area contributed by atoms with Gasteiger partial charge in [-0.15, -0.1) is 0 Å². The third-order valence-electron chi connectivity index (χ3n) is 6.27. The second-order valence-electron chi connectivity index (χ2n) is 9.26. The Morgan fingerprint density at radius 3 is 2.55 bits per heavy atom. The minimum absolute atomic E-state index is 0.0393. The van der Waals surface area contributed by atoms with Gasteiger partial charge in [0.05, 0.1) is 13.2 Å². The molecule has 2 aliphatic rings. The predicted octanol–water partition coefficient (Wildman–Crippen LogP) is 3.80. The highest BCUT2D eigenvalue weighted by Crippen LogP contribution is 2.52. The maximum atomic E-state index is 6.68. The molecule has 3 heteroatoms. The zero-order valence-corrected chi connectivity index (χ0v) is 18.0. The number of ether oxygens (including phenoxy) is 2. The van der Waals surface area contributed by atoms with Crippen molar-refractivity contribution < 1.29 is 14.4 Å². The molecule has 0 bridgehead atoms. The van der Waals surface area contributed by atoms with E-state index in [4.69, 9.17) is 9.47 Å². The third-order valence-corrected chi connectivity index (χ3v) is 6.27. The third kappa shape index (κ3) is 4.34. The van der Waals surface area contributed by atoms with Gasteiger partial charge in [0, 0.05) is 17.0 Å². The van der Waals surface area contributed by atoms with Crippen molar-refractivity contribution in [2.24, 2.45) is 5.92 Å². The van der Waals surface area contributed by atoms with Gasteiger partial charge in [0.15, 0.2) is 0 Å². The van der Waals surface area contributed by atoms with E-state index in [-0.39, 0.29) is 11.7 Å². The van der Waals surface area contributed by atoms with Crippen LogP contribution in [0.3, 0.4) is 0 Å². The van der Waals surface area contributed by atoms with Gasteiger partial charge in [-0.3, -0.25) is 0 Å². The van der Waals surface area contributed by atoms with Gasteiger partial charge >= 0.3 is 0 Å². The maximum Gasteiger partial charge on any atom is 0.139 e. The monoisotopic (exact) mass is 390 g/mol. The standard InChI is InChI=1S/C26H31NO2/c1-25(2)22-15-17-26(3,29-24(22)21-13-8-9-14-23(21)28-25)16-10-18-27(4)19-20-11-6-5-7-12-20/h5-9,11-14,22,24H,15,17-19H2,1-4H3/p+1/t22-,24-,26+/m1/s1. The van der Waals surface area contributed by atoms with Gasteiger partial charge in [-0.1, -0.05) is 54.5 Å². The second kappa shape index (κ2) is 7.86. The van der Waals surface area contributed by atoms with Crippen LogP contribution in [0.1, 0.15) is 50.8 Å². The van der Waals surface area contributed by atoms with Crippen LogP contribution in [0.25, 0.3) is 0 Å². The van der Waals surface area contributed by atoms with E-state index >= 15 is 0 Å². The summed E-state index contributed by atoms with van der Waals surface area (Å²) >= 11 is 0. The molecule has 0 spiro atoms. The van der Waals surface area contributed by atoms with Crippen molar-refractivity contribution in [3.63, 3.8) is 0 Å². The number of hydrogen-bond donors (Lipinski definition) is 1. The molecule has 1 fully saturated rings. The number of fused-ring (bicyclic) bond motifs is 3. The van der Waals surface area contributed by atoms with Crippen LogP contribution in [0, 0.1) is 17.8 Å². The molecule has 0 saturated carbocycles. The summed E-state index contributed by atoms with van der Waals surface area (Å²) in [6.07, 6.45) is 2.04. The normalized spacial score (nSPS) is 28.1. The van der Waals surface area contributed by atoms with Crippen LogP contribution in [-0.4, -0.2) is 24.8 Å². The summed E-state index contributed by atoms with van der Waals surface area (Å²) in [6, 6.07) is 18.9. The SMILES string of the molecule is C[NH+](CC#C[C@@]1(C)CC[C@@H]2[C@H](O1)c1ccccc1OC2(C)C)Cc1ccccc1. The molecule has 3 nitrogen and oxygen atoms in total. The Morgan fingerprint density at radius 1 is 1.03 bits per heavy atom. The summed E-state index contributed by atoms with van der Waals surface area (Å²) in [5.41, 5.74) is 1.87. The Kier molecular flexibility index (Phi) is 5.42. The Morgan fingerprint density at radius 2 is 1.76 bits per heavy atom. The van der Waals surface area contributed by atoms with Crippen molar-refractivity contribution >= 4 is 0 Å². The lowest BCUT2D eigenvalue weighted by Gasteiger charge is -2.50. The van der Waals surface area contributed by atoms with Crippen molar-refractivity contribution in [3.05, 3.63) is 65.7 Å². The second-order valence-corrected chi connectivity index (χ2v) is 9.26. The molecule has 1 unspecified atom stereocenters. The zero-order chi connectivity index (χ0) is 20.5. The van der Waals surface area contributed by atoms with Gasteiger partial charge < -0.3 is 14.4 Å². The first kappa shape index (κ1) is 20.0. The first-order chi connectivity index (χ1) is 13.9. The van der Waals surface area contributed by atoms with Crippen LogP contribution >= 0.6 is 0 Å². The molecule has 29 heavy (non-hydrogen) atoms. The molecule has 152 valence electrons. The number of para-hydroxylation sites is 1. The largest absolute Gasteiger partial charge is 0.487 e. The van der Waals surface area contributed by atoms with Crippen molar-refractivity contribution in [1.82, 2.24) is 0 Å². The van der Waals surface area contributed by atoms with Gasteiger partial charge in [-0.2, -0.15) is 0 Å². The first-order valence-electron chi connectivity index (χ1n) is 10.7. The van der Waals surface area contributed by atoms with Gasteiger partial charge in [0.2, 0.25) is 0 Å². The minimum Gasteiger partial charge on any atom is -0.487 e. The minimum atomic E-state index is -0.408. The molecule has 1 saturated heterocycles. The predicted molar refractivity (Wildman–Crippen MR) is 116 cm³/mol. The molecule has 4 rings (SSSR count). The summed E-state index contributed by atoms with van der Waals surface area (Å²) in [4.78, 5) is 1.39. The Labute approximate surface area is 175 Å². The lowest BCUT2D eigenvalue weighted by atomic mass is 9.73. The summed E-state index contributed by atoms with van der Waals surface area (Å²) in [7, 11) is 2.19. The topological polar surface area (TPSA) is 22.9 Å². The first-order valence-corrected chi connectivity index (χ1v) is 10.7. The molecule has 2 aromatic carbocycles. The average Bonchev–Trinajstić information content (AvgIpc) is 2.68. The number of quaternary nitrogens is 1.